The fourth-order valence-corrected chi connectivity index (χ4v) is 2.74. The van der Waals surface area contributed by atoms with Gasteiger partial charge in [-0.1, -0.05) is 24.3 Å². The average Bonchev–Trinajstić information content (AvgIpc) is 2.76. The van der Waals surface area contributed by atoms with E-state index in [0.29, 0.717) is 16.7 Å². The Bertz CT molecular complexity index is 747. The highest BCUT2D eigenvalue weighted by atomic mass is 79.9. The molecule has 1 heterocycles. The first-order valence-electron chi connectivity index (χ1n) is 6.25. The predicted octanol–water partition coefficient (Wildman–Crippen LogP) is 4.09. The Balaban J connectivity index is 1.91. The van der Waals surface area contributed by atoms with Gasteiger partial charge in [0.15, 0.2) is 0 Å². The molecule has 0 saturated heterocycles. The maximum Gasteiger partial charge on any atom is 0.147 e. The number of anilines is 1. The number of hydrogen-bond donors (Lipinski definition) is 1. The summed E-state index contributed by atoms with van der Waals surface area (Å²) in [5.41, 5.74) is 2.43. The number of aromatic nitrogens is 2. The van der Waals surface area contributed by atoms with E-state index in [1.54, 1.807) is 6.07 Å². The van der Waals surface area contributed by atoms with E-state index in [-0.39, 0.29) is 5.82 Å². The molecule has 0 fully saturated rings. The van der Waals surface area contributed by atoms with Crippen LogP contribution in [0.15, 0.2) is 46.9 Å². The summed E-state index contributed by atoms with van der Waals surface area (Å²) in [6.07, 6.45) is 0. The molecule has 20 heavy (non-hydrogen) atoms. The first-order valence-corrected chi connectivity index (χ1v) is 7.04. The van der Waals surface area contributed by atoms with E-state index in [9.17, 15) is 4.39 Å². The molecule has 0 bridgehead atoms. The smallest absolute Gasteiger partial charge is 0.147 e. The van der Waals surface area contributed by atoms with Crippen LogP contribution >= 0.6 is 15.9 Å². The summed E-state index contributed by atoms with van der Waals surface area (Å²) in [7, 11) is 1.91. The van der Waals surface area contributed by atoms with Crippen molar-refractivity contribution in [2.45, 2.75) is 6.54 Å². The molecular formula is C15H13BrFN3. The molecule has 2 aromatic carbocycles. The third-order valence-corrected chi connectivity index (χ3v) is 3.89. The first-order chi connectivity index (χ1) is 9.66. The third-order valence-electron chi connectivity index (χ3n) is 3.23. The zero-order valence-corrected chi connectivity index (χ0v) is 12.5. The quantitative estimate of drug-likeness (QED) is 0.782. The van der Waals surface area contributed by atoms with Gasteiger partial charge in [0, 0.05) is 16.9 Å². The second-order valence-corrected chi connectivity index (χ2v) is 5.39. The molecular weight excluding hydrogens is 321 g/mol. The van der Waals surface area contributed by atoms with Crippen molar-refractivity contribution in [3.05, 3.63) is 58.4 Å². The molecule has 0 aliphatic carbocycles. The predicted molar refractivity (Wildman–Crippen MR) is 82.1 cm³/mol. The number of aryl methyl sites for hydroxylation is 1. The normalized spacial score (nSPS) is 10.9. The summed E-state index contributed by atoms with van der Waals surface area (Å²) < 4.78 is 16.3. The van der Waals surface area contributed by atoms with Gasteiger partial charge in [0.05, 0.1) is 23.4 Å². The van der Waals surface area contributed by atoms with E-state index >= 15 is 0 Å². The van der Waals surface area contributed by atoms with Gasteiger partial charge in [0.2, 0.25) is 0 Å². The average molecular weight is 334 g/mol. The van der Waals surface area contributed by atoms with Gasteiger partial charge in [0.1, 0.15) is 5.82 Å². The van der Waals surface area contributed by atoms with E-state index in [2.05, 4.69) is 26.3 Å². The zero-order chi connectivity index (χ0) is 14.1. The molecule has 1 aromatic heterocycles. The van der Waals surface area contributed by atoms with Crippen LogP contribution in [0.2, 0.25) is 0 Å². The molecule has 5 heteroatoms. The minimum absolute atomic E-state index is 0.278. The van der Waals surface area contributed by atoms with Crippen LogP contribution in [0.1, 0.15) is 5.69 Å². The van der Waals surface area contributed by atoms with Gasteiger partial charge in [-0.2, -0.15) is 5.10 Å². The van der Waals surface area contributed by atoms with Crippen LogP contribution in [0.3, 0.4) is 0 Å². The Morgan fingerprint density at radius 3 is 2.80 bits per heavy atom. The molecule has 0 amide bonds. The fraction of sp³-hybridized carbons (Fsp3) is 0.133. The second kappa shape index (κ2) is 5.25. The topological polar surface area (TPSA) is 29.9 Å². The lowest BCUT2D eigenvalue weighted by Gasteiger charge is -2.08. The number of halogens is 2. The SMILES string of the molecule is Cn1nc(CNc2c(F)cccc2Br)c2ccccc21. The molecule has 3 aromatic rings. The number of rotatable bonds is 3. The van der Waals surface area contributed by atoms with Crippen LogP contribution < -0.4 is 5.32 Å². The molecule has 0 unspecified atom stereocenters. The van der Waals surface area contributed by atoms with E-state index in [4.69, 9.17) is 0 Å². The summed E-state index contributed by atoms with van der Waals surface area (Å²) >= 11 is 3.35. The van der Waals surface area contributed by atoms with Crippen molar-refractivity contribution in [3.8, 4) is 0 Å². The molecule has 0 aliphatic heterocycles. The highest BCUT2D eigenvalue weighted by Gasteiger charge is 2.10. The van der Waals surface area contributed by atoms with Gasteiger partial charge >= 0.3 is 0 Å². The standard InChI is InChI=1S/C15H13BrFN3/c1-20-14-8-3-2-5-10(14)13(19-20)9-18-15-11(16)6-4-7-12(15)17/h2-8,18H,9H2,1H3. The van der Waals surface area contributed by atoms with Gasteiger partial charge in [-0.05, 0) is 34.1 Å². The second-order valence-electron chi connectivity index (χ2n) is 4.54. The Hall–Kier alpha value is -1.88. The van der Waals surface area contributed by atoms with Gasteiger partial charge < -0.3 is 5.32 Å². The molecule has 102 valence electrons. The Morgan fingerprint density at radius 1 is 1.20 bits per heavy atom. The number of fused-ring (bicyclic) bond motifs is 1. The monoisotopic (exact) mass is 333 g/mol. The molecule has 3 nitrogen and oxygen atoms in total. The molecule has 0 radical (unpaired) electrons. The van der Waals surface area contributed by atoms with Crippen LogP contribution in [0, 0.1) is 5.82 Å². The van der Waals surface area contributed by atoms with Crippen LogP contribution in [-0.4, -0.2) is 9.78 Å². The highest BCUT2D eigenvalue weighted by Crippen LogP contribution is 2.26. The molecule has 0 saturated carbocycles. The van der Waals surface area contributed by atoms with Crippen LogP contribution in [0.5, 0.6) is 0 Å². The van der Waals surface area contributed by atoms with E-state index < -0.39 is 0 Å². The number of para-hydroxylation sites is 2. The number of hydrogen-bond acceptors (Lipinski definition) is 2. The van der Waals surface area contributed by atoms with Crippen LogP contribution in [-0.2, 0) is 13.6 Å². The molecule has 0 atom stereocenters. The lowest BCUT2D eigenvalue weighted by atomic mass is 10.2. The number of nitrogens with zero attached hydrogens (tertiary/aromatic N) is 2. The van der Waals surface area contributed by atoms with Crippen molar-refractivity contribution in [1.82, 2.24) is 9.78 Å². The van der Waals surface area contributed by atoms with E-state index in [0.717, 1.165) is 16.6 Å². The van der Waals surface area contributed by atoms with Gasteiger partial charge in [-0.3, -0.25) is 4.68 Å². The molecule has 3 rings (SSSR count). The summed E-state index contributed by atoms with van der Waals surface area (Å²) in [6, 6.07) is 12.9. The van der Waals surface area contributed by atoms with Crippen molar-refractivity contribution in [3.63, 3.8) is 0 Å². The van der Waals surface area contributed by atoms with Crippen molar-refractivity contribution >= 4 is 32.5 Å². The van der Waals surface area contributed by atoms with Gasteiger partial charge in [0.25, 0.3) is 0 Å². The summed E-state index contributed by atoms with van der Waals surface area (Å²) in [6.45, 7) is 0.473. The summed E-state index contributed by atoms with van der Waals surface area (Å²) in [5, 5.41) is 8.66. The van der Waals surface area contributed by atoms with Crippen molar-refractivity contribution in [1.29, 1.82) is 0 Å². The zero-order valence-electron chi connectivity index (χ0n) is 10.9. The minimum atomic E-state index is -0.278. The molecule has 1 N–H and O–H groups in total. The third kappa shape index (κ3) is 2.29. The van der Waals surface area contributed by atoms with E-state index in [1.807, 2.05) is 42.1 Å². The largest absolute Gasteiger partial charge is 0.376 e. The summed E-state index contributed by atoms with van der Waals surface area (Å²) in [5.74, 6) is -0.278. The van der Waals surface area contributed by atoms with Crippen LogP contribution in [0.25, 0.3) is 10.9 Å². The first kappa shape index (κ1) is 13.1. The van der Waals surface area contributed by atoms with Crippen molar-refractivity contribution in [2.75, 3.05) is 5.32 Å². The number of nitrogens with one attached hydrogen (secondary N) is 1. The fourth-order valence-electron chi connectivity index (χ4n) is 2.26. The van der Waals surface area contributed by atoms with E-state index in [1.165, 1.54) is 6.07 Å². The maximum atomic E-state index is 13.8. The number of benzene rings is 2. The Morgan fingerprint density at radius 2 is 2.00 bits per heavy atom. The van der Waals surface area contributed by atoms with Crippen molar-refractivity contribution in [2.24, 2.45) is 7.05 Å². The summed E-state index contributed by atoms with van der Waals surface area (Å²) in [4.78, 5) is 0. The van der Waals surface area contributed by atoms with Crippen molar-refractivity contribution < 1.29 is 4.39 Å². The molecule has 0 spiro atoms. The van der Waals surface area contributed by atoms with Gasteiger partial charge in [-0.15, -0.1) is 0 Å². The Labute approximate surface area is 124 Å². The maximum absolute atomic E-state index is 13.8. The Kier molecular flexibility index (Phi) is 3.44. The lowest BCUT2D eigenvalue weighted by molar-refractivity contribution is 0.629. The minimum Gasteiger partial charge on any atom is -0.376 e. The van der Waals surface area contributed by atoms with Crippen LogP contribution in [0.4, 0.5) is 10.1 Å². The molecule has 0 aliphatic rings. The van der Waals surface area contributed by atoms with Gasteiger partial charge in [-0.25, -0.2) is 4.39 Å². The lowest BCUT2D eigenvalue weighted by Crippen LogP contribution is -2.03. The highest BCUT2D eigenvalue weighted by molar-refractivity contribution is 9.10.